The number of rotatable bonds is 4. The molecule has 1 aromatic rings. The number of hydrogen-bond acceptors (Lipinski definition) is 5. The third kappa shape index (κ3) is 2.62. The van der Waals surface area contributed by atoms with Crippen molar-refractivity contribution in [2.75, 3.05) is 7.11 Å². The van der Waals surface area contributed by atoms with Gasteiger partial charge >= 0.3 is 11.9 Å². The van der Waals surface area contributed by atoms with E-state index >= 15 is 0 Å². The topological polar surface area (TPSA) is 93.1 Å². The van der Waals surface area contributed by atoms with E-state index in [9.17, 15) is 14.7 Å². The van der Waals surface area contributed by atoms with Crippen LogP contribution in [0.4, 0.5) is 0 Å². The predicted octanol–water partition coefficient (Wildman–Crippen LogP) is 2.73. The third-order valence-corrected chi connectivity index (χ3v) is 4.91. The molecule has 0 bridgehead atoms. The van der Waals surface area contributed by atoms with Crippen LogP contribution in [0.1, 0.15) is 46.3 Å². The maximum atomic E-state index is 11.9. The highest BCUT2D eigenvalue weighted by atomic mass is 16.5. The number of carbonyl (C=O) groups excluding carboxylic acids is 1. The van der Waals surface area contributed by atoms with Gasteiger partial charge in [0.1, 0.15) is 23.7 Å². The van der Waals surface area contributed by atoms with Crippen molar-refractivity contribution in [2.24, 2.45) is 5.92 Å². The summed E-state index contributed by atoms with van der Waals surface area (Å²) in [6.45, 7) is 1.98. The molecule has 2 aliphatic rings. The molecule has 1 fully saturated rings. The second-order valence-electron chi connectivity index (χ2n) is 6.26. The molecule has 1 aromatic carbocycles. The quantitative estimate of drug-likeness (QED) is 0.650. The number of aromatic hydroxyl groups is 1. The van der Waals surface area contributed by atoms with Crippen molar-refractivity contribution in [2.45, 2.75) is 39.2 Å². The molecule has 0 aromatic heterocycles. The van der Waals surface area contributed by atoms with Crippen molar-refractivity contribution < 1.29 is 29.3 Å². The molecule has 1 aliphatic heterocycles. The number of hydrogen-bond donors (Lipinski definition) is 2. The van der Waals surface area contributed by atoms with Crippen molar-refractivity contribution in [1.29, 1.82) is 0 Å². The molecule has 128 valence electrons. The molecule has 1 saturated carbocycles. The van der Waals surface area contributed by atoms with Gasteiger partial charge in [-0.2, -0.15) is 0 Å². The molecule has 6 nitrogen and oxygen atoms in total. The Labute approximate surface area is 139 Å². The number of benzene rings is 1. The van der Waals surface area contributed by atoms with Gasteiger partial charge in [0.05, 0.1) is 13.0 Å². The number of carboxylic acid groups (broad SMARTS) is 1. The number of aliphatic carboxylic acids is 1. The van der Waals surface area contributed by atoms with Crippen LogP contribution in [-0.4, -0.2) is 29.3 Å². The van der Waals surface area contributed by atoms with Crippen molar-refractivity contribution in [3.05, 3.63) is 33.9 Å². The molecule has 3 rings (SSSR count). The van der Waals surface area contributed by atoms with Gasteiger partial charge in [-0.05, 0) is 38.2 Å². The van der Waals surface area contributed by atoms with Gasteiger partial charge in [-0.25, -0.2) is 4.79 Å². The fraction of sp³-hybridized carbons (Fsp3) is 0.444. The first-order valence-electron chi connectivity index (χ1n) is 7.93. The van der Waals surface area contributed by atoms with Gasteiger partial charge in [0.25, 0.3) is 0 Å². The van der Waals surface area contributed by atoms with E-state index in [0.717, 1.165) is 17.6 Å². The molecular weight excluding hydrogens is 312 g/mol. The summed E-state index contributed by atoms with van der Waals surface area (Å²) in [4.78, 5) is 22.9. The fourth-order valence-electron chi connectivity index (χ4n) is 3.55. The molecule has 0 radical (unpaired) electrons. The van der Waals surface area contributed by atoms with Gasteiger partial charge in [-0.1, -0.05) is 11.6 Å². The number of carboxylic acids is 1. The lowest BCUT2D eigenvalue weighted by atomic mass is 9.94. The highest BCUT2D eigenvalue weighted by Crippen LogP contribution is 2.42. The summed E-state index contributed by atoms with van der Waals surface area (Å²) in [7, 11) is 1.53. The van der Waals surface area contributed by atoms with Gasteiger partial charge in [0.2, 0.25) is 0 Å². The number of allylic oxidation sites excluding steroid dienone is 2. The number of phenols is 1. The summed E-state index contributed by atoms with van der Waals surface area (Å²) >= 11 is 0. The van der Waals surface area contributed by atoms with Crippen LogP contribution in [-0.2, 0) is 22.6 Å². The molecule has 1 heterocycles. The van der Waals surface area contributed by atoms with Crippen molar-refractivity contribution in [3.8, 4) is 11.5 Å². The first-order valence-corrected chi connectivity index (χ1v) is 7.93. The van der Waals surface area contributed by atoms with Gasteiger partial charge in [0, 0.05) is 11.1 Å². The lowest BCUT2D eigenvalue weighted by Crippen LogP contribution is -2.08. The zero-order valence-electron chi connectivity index (χ0n) is 13.7. The van der Waals surface area contributed by atoms with Gasteiger partial charge in [-0.15, -0.1) is 0 Å². The summed E-state index contributed by atoms with van der Waals surface area (Å²) in [6.07, 6.45) is 4.24. The Balaban J connectivity index is 1.94. The van der Waals surface area contributed by atoms with E-state index in [1.807, 2.05) is 13.0 Å². The summed E-state index contributed by atoms with van der Waals surface area (Å²) in [5.41, 5.74) is 3.27. The highest BCUT2D eigenvalue weighted by Gasteiger charge is 2.32. The van der Waals surface area contributed by atoms with Crippen LogP contribution in [0.5, 0.6) is 11.5 Å². The number of carbonyl (C=O) groups is 2. The fourth-order valence-corrected chi connectivity index (χ4v) is 3.55. The van der Waals surface area contributed by atoms with Crippen LogP contribution in [0.25, 0.3) is 0 Å². The molecule has 0 unspecified atom stereocenters. The monoisotopic (exact) mass is 332 g/mol. The van der Waals surface area contributed by atoms with Gasteiger partial charge < -0.3 is 19.7 Å². The summed E-state index contributed by atoms with van der Waals surface area (Å²) in [5.74, 6) is -1.17. The molecule has 0 saturated heterocycles. The zero-order valence-corrected chi connectivity index (χ0v) is 13.7. The Morgan fingerprint density at radius 3 is 2.83 bits per heavy atom. The molecule has 24 heavy (non-hydrogen) atoms. The molecular formula is C18H20O6. The van der Waals surface area contributed by atoms with Crippen LogP contribution in [0.2, 0.25) is 0 Å². The minimum Gasteiger partial charge on any atom is -0.507 e. The van der Waals surface area contributed by atoms with E-state index in [4.69, 9.17) is 14.6 Å². The molecule has 6 heteroatoms. The van der Waals surface area contributed by atoms with E-state index in [-0.39, 0.29) is 23.8 Å². The van der Waals surface area contributed by atoms with Crippen LogP contribution in [0.3, 0.4) is 0 Å². The summed E-state index contributed by atoms with van der Waals surface area (Å²) in [6, 6.07) is 0. The minimum atomic E-state index is -0.769. The Hall–Kier alpha value is -2.50. The Bertz CT molecular complexity index is 747. The van der Waals surface area contributed by atoms with Crippen molar-refractivity contribution in [3.63, 3.8) is 0 Å². The van der Waals surface area contributed by atoms with E-state index in [0.29, 0.717) is 36.1 Å². The lowest BCUT2D eigenvalue weighted by molar-refractivity contribution is -0.141. The van der Waals surface area contributed by atoms with Crippen LogP contribution in [0, 0.1) is 12.8 Å². The lowest BCUT2D eigenvalue weighted by Gasteiger charge is -2.15. The SMILES string of the molecule is COc1c(C)c2c(c(O)c1C/C=C1\CC[C@@H](C(=O)O)C1)C(=O)OC2. The average molecular weight is 332 g/mol. The number of phenolic OH excluding ortho intramolecular Hbond substituents is 1. The number of ether oxygens (including phenoxy) is 2. The van der Waals surface area contributed by atoms with Gasteiger partial charge in [-0.3, -0.25) is 4.79 Å². The maximum Gasteiger partial charge on any atom is 0.342 e. The Kier molecular flexibility index (Phi) is 4.22. The number of esters is 1. The van der Waals surface area contributed by atoms with Crippen LogP contribution in [0.15, 0.2) is 11.6 Å². The zero-order chi connectivity index (χ0) is 17.4. The molecule has 1 aliphatic carbocycles. The Morgan fingerprint density at radius 1 is 1.46 bits per heavy atom. The number of methoxy groups -OCH3 is 1. The average Bonchev–Trinajstić information content (AvgIpc) is 3.16. The van der Waals surface area contributed by atoms with E-state index in [1.165, 1.54) is 7.11 Å². The second kappa shape index (κ2) is 6.19. The molecule has 2 N–H and O–H groups in total. The highest BCUT2D eigenvalue weighted by molar-refractivity contribution is 5.98. The predicted molar refractivity (Wildman–Crippen MR) is 85.3 cm³/mol. The van der Waals surface area contributed by atoms with Gasteiger partial charge in [0.15, 0.2) is 0 Å². The molecule has 1 atom stereocenters. The van der Waals surface area contributed by atoms with Crippen molar-refractivity contribution >= 4 is 11.9 Å². The molecule has 0 amide bonds. The maximum absolute atomic E-state index is 11.9. The minimum absolute atomic E-state index is 0.0976. The van der Waals surface area contributed by atoms with E-state index < -0.39 is 11.9 Å². The normalized spacial score (nSPS) is 21.0. The van der Waals surface area contributed by atoms with E-state index in [1.54, 1.807) is 0 Å². The second-order valence-corrected chi connectivity index (χ2v) is 6.26. The largest absolute Gasteiger partial charge is 0.507 e. The number of cyclic esters (lactones) is 1. The Morgan fingerprint density at radius 2 is 2.21 bits per heavy atom. The summed E-state index contributed by atoms with van der Waals surface area (Å²) < 4.78 is 10.5. The third-order valence-electron chi connectivity index (χ3n) is 4.91. The van der Waals surface area contributed by atoms with E-state index in [2.05, 4.69) is 0 Å². The van der Waals surface area contributed by atoms with Crippen molar-refractivity contribution in [1.82, 2.24) is 0 Å². The number of fused-ring (bicyclic) bond motifs is 1. The smallest absolute Gasteiger partial charge is 0.342 e. The first-order chi connectivity index (χ1) is 11.4. The standard InChI is InChI=1S/C18H20O6/c1-9-13-8-24-18(22)14(13)15(19)12(16(9)23-2)6-4-10-3-5-11(7-10)17(20)21/h4,11,19H,3,5-8H2,1-2H3,(H,20,21)/b10-4+/t11-/m1/s1. The van der Waals surface area contributed by atoms with Crippen LogP contribution >= 0.6 is 0 Å². The molecule has 0 spiro atoms. The first kappa shape index (κ1) is 16.4. The van der Waals surface area contributed by atoms with Crippen LogP contribution < -0.4 is 4.74 Å². The summed E-state index contributed by atoms with van der Waals surface area (Å²) in [5, 5.41) is 19.6.